The first-order valence-electron chi connectivity index (χ1n) is 7.31. The van der Waals surface area contributed by atoms with Crippen molar-refractivity contribution in [2.75, 3.05) is 0 Å². The van der Waals surface area contributed by atoms with E-state index in [0.29, 0.717) is 11.1 Å². The number of nitrogens with zero attached hydrogens (tertiary/aromatic N) is 3. The predicted molar refractivity (Wildman–Crippen MR) is 88.8 cm³/mol. The van der Waals surface area contributed by atoms with Gasteiger partial charge in [0.15, 0.2) is 0 Å². The number of benzene rings is 1. The van der Waals surface area contributed by atoms with Crippen LogP contribution in [0.15, 0.2) is 42.6 Å². The Morgan fingerprint density at radius 2 is 2.08 bits per heavy atom. The number of nitrogens with one attached hydrogen (secondary N) is 1. The highest BCUT2D eigenvalue weighted by atomic mass is 35.5. The molecule has 1 atom stereocenters. The highest BCUT2D eigenvalue weighted by Crippen LogP contribution is 2.32. The summed E-state index contributed by atoms with van der Waals surface area (Å²) in [6.07, 6.45) is 1.50. The Bertz CT molecular complexity index is 888. The molecule has 3 amide bonds. The maximum Gasteiger partial charge on any atom is 0.325 e. The molecule has 8 nitrogen and oxygen atoms in total. The summed E-state index contributed by atoms with van der Waals surface area (Å²) in [4.78, 5) is 40.5. The van der Waals surface area contributed by atoms with Crippen LogP contribution in [0.25, 0.3) is 0 Å². The summed E-state index contributed by atoms with van der Waals surface area (Å²) in [7, 11) is 0. The Kier molecular flexibility index (Phi) is 4.13. The number of pyridine rings is 1. The number of rotatable bonds is 4. The molecule has 0 spiro atoms. The van der Waals surface area contributed by atoms with Gasteiger partial charge in [-0.3, -0.25) is 19.8 Å². The van der Waals surface area contributed by atoms with Crippen LogP contribution in [0.2, 0.25) is 5.15 Å². The van der Waals surface area contributed by atoms with Crippen molar-refractivity contribution in [1.82, 2.24) is 15.2 Å². The average molecular weight is 361 g/mol. The summed E-state index contributed by atoms with van der Waals surface area (Å²) in [5.41, 5.74) is -0.692. The van der Waals surface area contributed by atoms with Crippen molar-refractivity contribution in [1.29, 1.82) is 0 Å². The molecule has 2 heterocycles. The zero-order chi connectivity index (χ0) is 18.2. The molecule has 1 aliphatic heterocycles. The highest BCUT2D eigenvalue weighted by Gasteiger charge is 2.49. The van der Waals surface area contributed by atoms with Crippen LogP contribution in [0.1, 0.15) is 18.1 Å². The van der Waals surface area contributed by atoms with Crippen molar-refractivity contribution in [2.45, 2.75) is 19.0 Å². The highest BCUT2D eigenvalue weighted by molar-refractivity contribution is 6.30. The molecule has 2 aromatic rings. The number of carbonyl (C=O) groups is 2. The monoisotopic (exact) mass is 360 g/mol. The predicted octanol–water partition coefficient (Wildman–Crippen LogP) is 2.61. The van der Waals surface area contributed by atoms with Crippen LogP contribution in [-0.2, 0) is 16.9 Å². The second-order valence-electron chi connectivity index (χ2n) is 5.71. The quantitative estimate of drug-likeness (QED) is 0.390. The summed E-state index contributed by atoms with van der Waals surface area (Å²) in [6, 6.07) is 8.35. The van der Waals surface area contributed by atoms with Crippen LogP contribution in [0.3, 0.4) is 0 Å². The van der Waals surface area contributed by atoms with Gasteiger partial charge < -0.3 is 5.32 Å². The van der Waals surface area contributed by atoms with Gasteiger partial charge in [-0.15, -0.1) is 0 Å². The second-order valence-corrected chi connectivity index (χ2v) is 6.07. The van der Waals surface area contributed by atoms with Gasteiger partial charge in [0.1, 0.15) is 10.7 Å². The molecular weight excluding hydrogens is 348 g/mol. The van der Waals surface area contributed by atoms with Gasteiger partial charge in [0.2, 0.25) is 0 Å². The lowest BCUT2D eigenvalue weighted by molar-refractivity contribution is -0.385. The lowest BCUT2D eigenvalue weighted by Crippen LogP contribution is -2.40. The number of halogens is 1. The van der Waals surface area contributed by atoms with Crippen molar-refractivity contribution in [3.05, 3.63) is 69.0 Å². The SMILES string of the molecule is CC1(c2cccc([N+](=O)[O-])c2)NC(=O)N(Cc2cccnc2Cl)C1=O. The van der Waals surface area contributed by atoms with Gasteiger partial charge in [0, 0.05) is 23.9 Å². The van der Waals surface area contributed by atoms with E-state index in [1.807, 2.05) is 0 Å². The first kappa shape index (κ1) is 16.8. The molecule has 128 valence electrons. The molecule has 0 bridgehead atoms. The zero-order valence-corrected chi connectivity index (χ0v) is 13.9. The topological polar surface area (TPSA) is 105 Å². The number of amides is 3. The Morgan fingerprint density at radius 3 is 2.76 bits per heavy atom. The third kappa shape index (κ3) is 2.91. The van der Waals surface area contributed by atoms with E-state index in [1.54, 1.807) is 18.2 Å². The fourth-order valence-corrected chi connectivity index (χ4v) is 2.85. The van der Waals surface area contributed by atoms with Gasteiger partial charge >= 0.3 is 6.03 Å². The van der Waals surface area contributed by atoms with Crippen molar-refractivity contribution in [3.8, 4) is 0 Å². The van der Waals surface area contributed by atoms with E-state index in [9.17, 15) is 19.7 Å². The lowest BCUT2D eigenvalue weighted by Gasteiger charge is -2.22. The van der Waals surface area contributed by atoms with Crippen molar-refractivity contribution >= 4 is 29.2 Å². The molecule has 1 aromatic heterocycles. The van der Waals surface area contributed by atoms with Crippen LogP contribution in [-0.4, -0.2) is 26.7 Å². The Balaban J connectivity index is 1.93. The molecule has 1 fully saturated rings. The van der Waals surface area contributed by atoms with Gasteiger partial charge in [-0.2, -0.15) is 0 Å². The fraction of sp³-hybridized carbons (Fsp3) is 0.188. The molecule has 1 saturated heterocycles. The van der Waals surface area contributed by atoms with E-state index >= 15 is 0 Å². The molecule has 3 rings (SSSR count). The Morgan fingerprint density at radius 1 is 1.32 bits per heavy atom. The number of hydrogen-bond acceptors (Lipinski definition) is 5. The lowest BCUT2D eigenvalue weighted by atomic mass is 9.91. The first-order chi connectivity index (χ1) is 11.8. The molecule has 1 aliphatic rings. The molecule has 0 radical (unpaired) electrons. The van der Waals surface area contributed by atoms with E-state index in [-0.39, 0.29) is 17.4 Å². The Labute approximate surface area is 147 Å². The van der Waals surface area contributed by atoms with Gasteiger partial charge in [0.25, 0.3) is 11.6 Å². The summed E-state index contributed by atoms with van der Waals surface area (Å²) < 4.78 is 0. The molecular formula is C16H13ClN4O4. The summed E-state index contributed by atoms with van der Waals surface area (Å²) in [5.74, 6) is -0.516. The van der Waals surface area contributed by atoms with Gasteiger partial charge in [0.05, 0.1) is 11.5 Å². The third-order valence-electron chi connectivity index (χ3n) is 4.07. The van der Waals surface area contributed by atoms with Gasteiger partial charge in [-0.1, -0.05) is 29.8 Å². The number of urea groups is 1. The second kappa shape index (κ2) is 6.14. The average Bonchev–Trinajstić information content (AvgIpc) is 2.81. The minimum absolute atomic E-state index is 0.0398. The first-order valence-corrected chi connectivity index (χ1v) is 7.69. The van der Waals surface area contributed by atoms with E-state index in [1.165, 1.54) is 31.3 Å². The fourth-order valence-electron chi connectivity index (χ4n) is 2.67. The maximum atomic E-state index is 12.8. The van der Waals surface area contributed by atoms with Crippen molar-refractivity contribution in [2.24, 2.45) is 0 Å². The number of carbonyl (C=O) groups excluding carboxylic acids is 2. The van der Waals surface area contributed by atoms with E-state index < -0.39 is 22.4 Å². The zero-order valence-electron chi connectivity index (χ0n) is 13.1. The smallest absolute Gasteiger partial charge is 0.319 e. The minimum Gasteiger partial charge on any atom is -0.319 e. The van der Waals surface area contributed by atoms with Crippen LogP contribution in [0.5, 0.6) is 0 Å². The molecule has 0 aliphatic carbocycles. The van der Waals surface area contributed by atoms with Crippen LogP contribution in [0.4, 0.5) is 10.5 Å². The number of non-ortho nitro benzene ring substituents is 1. The van der Waals surface area contributed by atoms with Crippen LogP contribution < -0.4 is 5.32 Å². The summed E-state index contributed by atoms with van der Waals surface area (Å²) in [6.45, 7) is 1.47. The van der Waals surface area contributed by atoms with Crippen molar-refractivity contribution in [3.63, 3.8) is 0 Å². The van der Waals surface area contributed by atoms with Gasteiger partial charge in [-0.25, -0.2) is 9.78 Å². The largest absolute Gasteiger partial charge is 0.325 e. The summed E-state index contributed by atoms with van der Waals surface area (Å²) in [5, 5.41) is 13.8. The van der Waals surface area contributed by atoms with Crippen LogP contribution in [0, 0.1) is 10.1 Å². The normalized spacial score (nSPS) is 19.8. The molecule has 1 N–H and O–H groups in total. The summed E-state index contributed by atoms with van der Waals surface area (Å²) >= 11 is 5.99. The number of aromatic nitrogens is 1. The maximum absolute atomic E-state index is 12.8. The molecule has 1 aromatic carbocycles. The van der Waals surface area contributed by atoms with Gasteiger partial charge in [-0.05, 0) is 18.6 Å². The number of hydrogen-bond donors (Lipinski definition) is 1. The van der Waals surface area contributed by atoms with E-state index in [0.717, 1.165) is 4.90 Å². The van der Waals surface area contributed by atoms with E-state index in [2.05, 4.69) is 10.3 Å². The number of nitro groups is 1. The van der Waals surface area contributed by atoms with E-state index in [4.69, 9.17) is 11.6 Å². The van der Waals surface area contributed by atoms with Crippen molar-refractivity contribution < 1.29 is 14.5 Å². The molecule has 9 heteroatoms. The standard InChI is InChI=1S/C16H13ClN4O4/c1-16(11-5-2-6-12(8-11)21(24)25)14(22)20(15(23)19-16)9-10-4-3-7-18-13(10)17/h2-8H,9H2,1H3,(H,19,23). The Hall–Kier alpha value is -3.00. The molecule has 1 unspecified atom stereocenters. The van der Waals surface area contributed by atoms with Crippen LogP contribution >= 0.6 is 11.6 Å². The third-order valence-corrected chi connectivity index (χ3v) is 4.41. The number of imide groups is 1. The molecule has 0 saturated carbocycles. The number of nitro benzene ring substituents is 1. The molecule has 25 heavy (non-hydrogen) atoms. The minimum atomic E-state index is -1.39.